The molecule has 2 amide bonds. The summed E-state index contributed by atoms with van der Waals surface area (Å²) in [5, 5.41) is 13.3. The van der Waals surface area contributed by atoms with Crippen LogP contribution >= 0.6 is 0 Å². The molecule has 1 unspecified atom stereocenters. The second-order valence-electron chi connectivity index (χ2n) is 5.22. The van der Waals surface area contributed by atoms with E-state index in [1.165, 1.54) is 6.92 Å². The monoisotopic (exact) mass is 289 g/mol. The molecule has 2 aromatic rings. The number of rotatable bonds is 5. The molecule has 0 aliphatic heterocycles. The summed E-state index contributed by atoms with van der Waals surface area (Å²) in [7, 11) is 0. The lowest BCUT2D eigenvalue weighted by Gasteiger charge is -2.20. The first-order valence-corrected chi connectivity index (χ1v) is 6.82. The Morgan fingerprint density at radius 1 is 1.38 bits per heavy atom. The van der Waals surface area contributed by atoms with Gasteiger partial charge in [-0.1, -0.05) is 13.8 Å². The third kappa shape index (κ3) is 3.56. The first-order chi connectivity index (χ1) is 9.99. The highest BCUT2D eigenvalue weighted by Crippen LogP contribution is 2.12. The lowest BCUT2D eigenvalue weighted by molar-refractivity contribution is -0.129. The van der Waals surface area contributed by atoms with Crippen molar-refractivity contribution in [3.05, 3.63) is 24.0 Å². The number of nitrogens with one attached hydrogen (secondary N) is 3. The Labute approximate surface area is 122 Å². The molecule has 3 N–H and O–H groups in total. The molecular formula is C14H19N5O2. The van der Waals surface area contributed by atoms with Gasteiger partial charge in [-0.25, -0.2) is 4.98 Å². The van der Waals surface area contributed by atoms with Crippen molar-refractivity contribution in [3.63, 3.8) is 0 Å². The maximum absolute atomic E-state index is 12.2. The summed E-state index contributed by atoms with van der Waals surface area (Å²) < 4.78 is 0. The molecule has 2 rings (SSSR count). The summed E-state index contributed by atoms with van der Waals surface area (Å²) in [4.78, 5) is 27.5. The first-order valence-electron chi connectivity index (χ1n) is 6.82. The third-order valence-corrected chi connectivity index (χ3v) is 3.16. The summed E-state index contributed by atoms with van der Waals surface area (Å²) >= 11 is 0. The van der Waals surface area contributed by atoms with Gasteiger partial charge in [0.2, 0.25) is 11.8 Å². The van der Waals surface area contributed by atoms with E-state index in [1.54, 1.807) is 6.20 Å². The predicted octanol–water partition coefficient (Wildman–Crippen LogP) is 0.735. The number of hydrogen-bond donors (Lipinski definition) is 3. The van der Waals surface area contributed by atoms with E-state index in [1.807, 2.05) is 26.0 Å². The summed E-state index contributed by atoms with van der Waals surface area (Å²) in [5.74, 6) is -0.430. The summed E-state index contributed by atoms with van der Waals surface area (Å²) in [6.07, 6.45) is 1.66. The minimum Gasteiger partial charge on any atom is -0.349 e. The molecule has 2 aromatic heterocycles. The van der Waals surface area contributed by atoms with E-state index in [2.05, 4.69) is 25.8 Å². The van der Waals surface area contributed by atoms with Gasteiger partial charge in [0, 0.05) is 18.5 Å². The van der Waals surface area contributed by atoms with Crippen molar-refractivity contribution in [2.24, 2.45) is 5.92 Å². The third-order valence-electron chi connectivity index (χ3n) is 3.16. The zero-order chi connectivity index (χ0) is 15.4. The van der Waals surface area contributed by atoms with Gasteiger partial charge in [0.15, 0.2) is 5.65 Å². The Kier molecular flexibility index (Phi) is 4.52. The van der Waals surface area contributed by atoms with Crippen LogP contribution in [0.1, 0.15) is 26.5 Å². The van der Waals surface area contributed by atoms with Crippen LogP contribution in [-0.2, 0) is 16.1 Å². The normalized spacial score (nSPS) is 12.4. The smallest absolute Gasteiger partial charge is 0.243 e. The minimum absolute atomic E-state index is 0.00841. The van der Waals surface area contributed by atoms with Crippen LogP contribution < -0.4 is 10.6 Å². The second kappa shape index (κ2) is 6.34. The Morgan fingerprint density at radius 3 is 2.81 bits per heavy atom. The fourth-order valence-electron chi connectivity index (χ4n) is 2.08. The molecule has 1 atom stereocenters. The quantitative estimate of drug-likeness (QED) is 0.755. The number of carbonyl (C=O) groups is 2. The van der Waals surface area contributed by atoms with Crippen LogP contribution in [0.15, 0.2) is 18.3 Å². The van der Waals surface area contributed by atoms with Gasteiger partial charge in [-0.05, 0) is 18.1 Å². The minimum atomic E-state index is -0.546. The second-order valence-corrected chi connectivity index (χ2v) is 5.22. The number of amides is 2. The number of H-pyrrole nitrogens is 1. The number of aromatic nitrogens is 3. The highest BCUT2D eigenvalue weighted by atomic mass is 16.2. The summed E-state index contributed by atoms with van der Waals surface area (Å²) in [6.45, 7) is 5.48. The van der Waals surface area contributed by atoms with Gasteiger partial charge in [0.1, 0.15) is 6.04 Å². The van der Waals surface area contributed by atoms with Crippen LogP contribution in [0.3, 0.4) is 0 Å². The van der Waals surface area contributed by atoms with Gasteiger partial charge >= 0.3 is 0 Å². The van der Waals surface area contributed by atoms with Crippen LogP contribution in [0.2, 0.25) is 0 Å². The summed E-state index contributed by atoms with van der Waals surface area (Å²) in [6, 6.07) is 3.16. The SMILES string of the molecule is CC(=O)NC(C(=O)NCc1[nH]nc2ncccc12)C(C)C. The Morgan fingerprint density at radius 2 is 2.14 bits per heavy atom. The molecule has 0 aliphatic carbocycles. The van der Waals surface area contributed by atoms with Crippen molar-refractivity contribution in [2.75, 3.05) is 0 Å². The van der Waals surface area contributed by atoms with Crippen molar-refractivity contribution in [3.8, 4) is 0 Å². The molecule has 21 heavy (non-hydrogen) atoms. The van der Waals surface area contributed by atoms with E-state index in [9.17, 15) is 9.59 Å². The molecule has 0 fully saturated rings. The summed E-state index contributed by atoms with van der Waals surface area (Å²) in [5.41, 5.74) is 1.40. The average molecular weight is 289 g/mol. The predicted molar refractivity (Wildman–Crippen MR) is 78.2 cm³/mol. The lowest BCUT2D eigenvalue weighted by Crippen LogP contribution is -2.48. The Hall–Kier alpha value is -2.44. The number of nitrogens with zero attached hydrogens (tertiary/aromatic N) is 2. The van der Waals surface area contributed by atoms with Crippen molar-refractivity contribution < 1.29 is 9.59 Å². The van der Waals surface area contributed by atoms with Crippen LogP contribution in [0.25, 0.3) is 11.0 Å². The maximum Gasteiger partial charge on any atom is 0.243 e. The molecule has 0 aliphatic rings. The van der Waals surface area contributed by atoms with E-state index in [0.717, 1.165) is 11.1 Å². The van der Waals surface area contributed by atoms with Crippen LogP contribution in [-0.4, -0.2) is 33.0 Å². The number of pyridine rings is 1. The van der Waals surface area contributed by atoms with Gasteiger partial charge in [-0.2, -0.15) is 5.10 Å². The van der Waals surface area contributed by atoms with Crippen molar-refractivity contribution in [1.29, 1.82) is 0 Å². The van der Waals surface area contributed by atoms with Crippen molar-refractivity contribution in [2.45, 2.75) is 33.4 Å². The van der Waals surface area contributed by atoms with Crippen LogP contribution in [0, 0.1) is 5.92 Å². The molecule has 0 bridgehead atoms. The highest BCUT2D eigenvalue weighted by Gasteiger charge is 2.22. The van der Waals surface area contributed by atoms with E-state index in [0.29, 0.717) is 12.2 Å². The number of fused-ring (bicyclic) bond motifs is 1. The molecule has 0 radical (unpaired) electrons. The largest absolute Gasteiger partial charge is 0.349 e. The molecule has 112 valence electrons. The molecule has 0 spiro atoms. The highest BCUT2D eigenvalue weighted by molar-refractivity contribution is 5.87. The van der Waals surface area contributed by atoms with Crippen LogP contribution in [0.4, 0.5) is 0 Å². The number of hydrogen-bond acceptors (Lipinski definition) is 4. The molecule has 0 saturated heterocycles. The van der Waals surface area contributed by atoms with E-state index in [-0.39, 0.29) is 17.7 Å². The van der Waals surface area contributed by atoms with E-state index >= 15 is 0 Å². The zero-order valence-electron chi connectivity index (χ0n) is 12.3. The Bertz CT molecular complexity index is 650. The molecule has 7 heteroatoms. The molecule has 0 saturated carbocycles. The van der Waals surface area contributed by atoms with Gasteiger partial charge in [0.05, 0.1) is 12.2 Å². The Balaban J connectivity index is 2.04. The fourth-order valence-corrected chi connectivity index (χ4v) is 2.08. The number of aromatic amines is 1. The fraction of sp³-hybridized carbons (Fsp3) is 0.429. The van der Waals surface area contributed by atoms with Crippen molar-refractivity contribution >= 4 is 22.8 Å². The average Bonchev–Trinajstić information content (AvgIpc) is 2.85. The maximum atomic E-state index is 12.2. The van der Waals surface area contributed by atoms with Crippen molar-refractivity contribution in [1.82, 2.24) is 25.8 Å². The van der Waals surface area contributed by atoms with Gasteiger partial charge in [-0.15, -0.1) is 0 Å². The van der Waals surface area contributed by atoms with Gasteiger partial charge < -0.3 is 10.6 Å². The number of carbonyl (C=O) groups excluding carboxylic acids is 2. The molecule has 7 nitrogen and oxygen atoms in total. The molecule has 0 aromatic carbocycles. The standard InChI is InChI=1S/C14H19N5O2/c1-8(2)12(17-9(3)20)14(21)16-7-11-10-5-4-6-15-13(10)19-18-11/h4-6,8,12H,7H2,1-3H3,(H,16,21)(H,17,20)(H,15,18,19). The molecular weight excluding hydrogens is 270 g/mol. The van der Waals surface area contributed by atoms with Gasteiger partial charge in [-0.3, -0.25) is 14.7 Å². The van der Waals surface area contributed by atoms with Crippen LogP contribution in [0.5, 0.6) is 0 Å². The topological polar surface area (TPSA) is 99.8 Å². The zero-order valence-corrected chi connectivity index (χ0v) is 12.3. The first kappa shape index (κ1) is 15.0. The van der Waals surface area contributed by atoms with E-state index in [4.69, 9.17) is 0 Å². The lowest BCUT2D eigenvalue weighted by atomic mass is 10.0. The van der Waals surface area contributed by atoms with Gasteiger partial charge in [0.25, 0.3) is 0 Å². The molecule has 2 heterocycles. The van der Waals surface area contributed by atoms with E-state index < -0.39 is 6.04 Å².